The van der Waals surface area contributed by atoms with Crippen molar-refractivity contribution in [3.63, 3.8) is 0 Å². The van der Waals surface area contributed by atoms with Gasteiger partial charge in [0.25, 0.3) is 0 Å². The van der Waals surface area contributed by atoms with Gasteiger partial charge in [0.05, 0.1) is 0 Å². The lowest BCUT2D eigenvalue weighted by Gasteiger charge is -2.12. The first-order valence-electron chi connectivity index (χ1n) is 6.54. The molecule has 0 aliphatic carbocycles. The van der Waals surface area contributed by atoms with E-state index in [9.17, 15) is 5.11 Å². The molecular weight excluding hydrogens is 284 g/mol. The monoisotopic (exact) mass is 300 g/mol. The number of thioether (sulfide) groups is 1. The molecule has 1 nitrogen and oxygen atoms in total. The molecule has 2 aromatic carbocycles. The van der Waals surface area contributed by atoms with E-state index in [0.717, 1.165) is 4.90 Å². The zero-order chi connectivity index (χ0) is 14.1. The van der Waals surface area contributed by atoms with Crippen LogP contribution >= 0.6 is 23.1 Å². The fraction of sp³-hybridized carbons (Fsp3) is 0.176. The van der Waals surface area contributed by atoms with Crippen LogP contribution in [0.3, 0.4) is 0 Å². The van der Waals surface area contributed by atoms with E-state index in [1.54, 1.807) is 17.8 Å². The maximum Gasteiger partial charge on any atom is 0.129 e. The number of thiophene rings is 1. The SMILES string of the molecule is CSc1cc(C(C)c2cc3ccccc3s2)ccc1O. The topological polar surface area (TPSA) is 20.2 Å². The molecule has 0 aliphatic heterocycles. The molecule has 1 aromatic heterocycles. The van der Waals surface area contributed by atoms with Crippen molar-refractivity contribution < 1.29 is 5.11 Å². The third-order valence-electron chi connectivity index (χ3n) is 3.58. The van der Waals surface area contributed by atoms with Crippen molar-refractivity contribution in [3.8, 4) is 5.75 Å². The predicted molar refractivity (Wildman–Crippen MR) is 89.2 cm³/mol. The van der Waals surface area contributed by atoms with Gasteiger partial charge in [-0.2, -0.15) is 0 Å². The highest BCUT2D eigenvalue weighted by Gasteiger charge is 2.13. The molecule has 0 spiro atoms. The number of rotatable bonds is 3. The van der Waals surface area contributed by atoms with Gasteiger partial charge in [0, 0.05) is 20.4 Å². The van der Waals surface area contributed by atoms with Crippen molar-refractivity contribution in [2.45, 2.75) is 17.7 Å². The Morgan fingerprint density at radius 3 is 2.65 bits per heavy atom. The lowest BCUT2D eigenvalue weighted by Crippen LogP contribution is -1.93. The van der Waals surface area contributed by atoms with Crippen molar-refractivity contribution in [1.82, 2.24) is 0 Å². The molecule has 102 valence electrons. The maximum atomic E-state index is 9.78. The molecule has 0 bridgehead atoms. The quantitative estimate of drug-likeness (QED) is 0.646. The summed E-state index contributed by atoms with van der Waals surface area (Å²) < 4.78 is 1.33. The van der Waals surface area contributed by atoms with Gasteiger partial charge in [-0.25, -0.2) is 0 Å². The molecule has 1 heterocycles. The zero-order valence-electron chi connectivity index (χ0n) is 11.5. The Balaban J connectivity index is 2.01. The van der Waals surface area contributed by atoms with Crippen LogP contribution in [0, 0.1) is 0 Å². The van der Waals surface area contributed by atoms with E-state index in [4.69, 9.17) is 0 Å². The highest BCUT2D eigenvalue weighted by atomic mass is 32.2. The summed E-state index contributed by atoms with van der Waals surface area (Å²) in [5.41, 5.74) is 1.25. The van der Waals surface area contributed by atoms with Crippen LogP contribution < -0.4 is 0 Å². The zero-order valence-corrected chi connectivity index (χ0v) is 13.1. The summed E-state index contributed by atoms with van der Waals surface area (Å²) in [6.07, 6.45) is 1.99. The normalized spacial score (nSPS) is 12.7. The molecule has 0 aliphatic rings. The largest absolute Gasteiger partial charge is 0.507 e. The van der Waals surface area contributed by atoms with E-state index in [-0.39, 0.29) is 0 Å². The van der Waals surface area contributed by atoms with Crippen LogP contribution in [0.1, 0.15) is 23.3 Å². The summed E-state index contributed by atoms with van der Waals surface area (Å²) in [6, 6.07) is 16.7. The first kappa shape index (κ1) is 13.5. The lowest BCUT2D eigenvalue weighted by atomic mass is 9.99. The van der Waals surface area contributed by atoms with Gasteiger partial charge in [-0.15, -0.1) is 23.1 Å². The van der Waals surface area contributed by atoms with E-state index in [2.05, 4.69) is 43.3 Å². The standard InChI is InChI=1S/C17H16OS2/c1-11(12-7-8-14(18)17(9-12)19-2)16-10-13-5-3-4-6-15(13)20-16/h3-11,18H,1-2H3. The second kappa shape index (κ2) is 5.51. The summed E-state index contributed by atoms with van der Waals surface area (Å²) in [6.45, 7) is 2.22. The molecule has 1 unspecified atom stereocenters. The van der Waals surface area contributed by atoms with Crippen LogP contribution in [-0.4, -0.2) is 11.4 Å². The molecule has 0 radical (unpaired) electrons. The van der Waals surface area contributed by atoms with Crippen LogP contribution in [0.25, 0.3) is 10.1 Å². The van der Waals surface area contributed by atoms with E-state index >= 15 is 0 Å². The number of hydrogen-bond donors (Lipinski definition) is 1. The average Bonchev–Trinajstić information content (AvgIpc) is 2.91. The van der Waals surface area contributed by atoms with Gasteiger partial charge < -0.3 is 5.11 Å². The Bertz CT molecular complexity index is 713. The fourth-order valence-electron chi connectivity index (χ4n) is 2.34. The summed E-state index contributed by atoms with van der Waals surface area (Å²) in [7, 11) is 0. The molecule has 3 rings (SSSR count). The van der Waals surface area contributed by atoms with E-state index in [1.807, 2.05) is 23.7 Å². The number of fused-ring (bicyclic) bond motifs is 1. The molecule has 0 saturated carbocycles. The number of phenols is 1. The summed E-state index contributed by atoms with van der Waals surface area (Å²) in [4.78, 5) is 2.31. The molecule has 3 aromatic rings. The van der Waals surface area contributed by atoms with Crippen molar-refractivity contribution >= 4 is 33.2 Å². The third kappa shape index (κ3) is 2.43. The Morgan fingerprint density at radius 1 is 1.10 bits per heavy atom. The molecular formula is C17H16OS2. The van der Waals surface area contributed by atoms with Crippen molar-refractivity contribution in [2.24, 2.45) is 0 Å². The lowest BCUT2D eigenvalue weighted by molar-refractivity contribution is 0.462. The first-order valence-corrected chi connectivity index (χ1v) is 8.58. The van der Waals surface area contributed by atoms with Gasteiger partial charge in [0.1, 0.15) is 5.75 Å². The predicted octanol–water partition coefficient (Wildman–Crippen LogP) is 5.48. The highest BCUT2D eigenvalue weighted by molar-refractivity contribution is 7.98. The Labute approximate surface area is 127 Å². The van der Waals surface area contributed by atoms with Crippen molar-refractivity contribution in [2.75, 3.05) is 6.26 Å². The van der Waals surface area contributed by atoms with E-state index < -0.39 is 0 Å². The van der Waals surface area contributed by atoms with Crippen LogP contribution in [0.2, 0.25) is 0 Å². The smallest absolute Gasteiger partial charge is 0.129 e. The second-order valence-corrected chi connectivity index (χ2v) is 6.80. The van der Waals surface area contributed by atoms with Crippen LogP contribution in [0.15, 0.2) is 53.4 Å². The summed E-state index contributed by atoms with van der Waals surface area (Å²) in [5, 5.41) is 11.1. The minimum Gasteiger partial charge on any atom is -0.507 e. The minimum absolute atomic E-state index is 0.346. The van der Waals surface area contributed by atoms with Crippen LogP contribution in [0.5, 0.6) is 5.75 Å². The molecule has 1 N–H and O–H groups in total. The van der Waals surface area contributed by atoms with Crippen molar-refractivity contribution in [3.05, 3.63) is 59.0 Å². The molecule has 0 amide bonds. The second-order valence-electron chi connectivity index (χ2n) is 4.84. The molecule has 20 heavy (non-hydrogen) atoms. The highest BCUT2D eigenvalue weighted by Crippen LogP contribution is 2.37. The van der Waals surface area contributed by atoms with E-state index in [0.29, 0.717) is 11.7 Å². The first-order chi connectivity index (χ1) is 9.69. The number of phenolic OH excluding ortho intramolecular Hbond substituents is 1. The number of aromatic hydroxyl groups is 1. The summed E-state index contributed by atoms with van der Waals surface area (Å²) >= 11 is 3.43. The van der Waals surface area contributed by atoms with Gasteiger partial charge in [-0.05, 0) is 41.5 Å². The minimum atomic E-state index is 0.346. The van der Waals surface area contributed by atoms with Gasteiger partial charge >= 0.3 is 0 Å². The fourth-order valence-corrected chi connectivity index (χ4v) is 4.02. The van der Waals surface area contributed by atoms with Crippen LogP contribution in [0.4, 0.5) is 0 Å². The Hall–Kier alpha value is -1.45. The Morgan fingerprint density at radius 2 is 1.90 bits per heavy atom. The summed E-state index contributed by atoms with van der Waals surface area (Å²) in [5.74, 6) is 0.712. The molecule has 3 heteroatoms. The van der Waals surface area contributed by atoms with Crippen LogP contribution in [-0.2, 0) is 0 Å². The van der Waals surface area contributed by atoms with E-state index in [1.165, 1.54) is 20.5 Å². The van der Waals surface area contributed by atoms with Crippen molar-refractivity contribution in [1.29, 1.82) is 0 Å². The van der Waals surface area contributed by atoms with Gasteiger partial charge in [-0.1, -0.05) is 31.2 Å². The third-order valence-corrected chi connectivity index (χ3v) is 5.64. The molecule has 0 saturated heterocycles. The van der Waals surface area contributed by atoms with Gasteiger partial charge in [0.2, 0.25) is 0 Å². The number of hydrogen-bond acceptors (Lipinski definition) is 3. The van der Waals surface area contributed by atoms with Gasteiger partial charge in [-0.3, -0.25) is 0 Å². The Kier molecular flexibility index (Phi) is 3.72. The van der Waals surface area contributed by atoms with Gasteiger partial charge in [0.15, 0.2) is 0 Å². The number of benzene rings is 2. The molecule has 1 atom stereocenters. The molecule has 0 fully saturated rings. The maximum absolute atomic E-state index is 9.78. The average molecular weight is 300 g/mol.